The first-order valence-electron chi connectivity index (χ1n) is 5.12. The van der Waals surface area contributed by atoms with E-state index in [2.05, 4.69) is 5.10 Å². The highest BCUT2D eigenvalue weighted by molar-refractivity contribution is 5.94. The van der Waals surface area contributed by atoms with E-state index in [1.165, 1.54) is 19.2 Å². The molecule has 94 valence electrons. The van der Waals surface area contributed by atoms with Crippen molar-refractivity contribution in [2.75, 3.05) is 0 Å². The Kier molecular flexibility index (Phi) is 2.94. The van der Waals surface area contributed by atoms with Gasteiger partial charge in [0.15, 0.2) is 11.5 Å². The first-order chi connectivity index (χ1) is 8.38. The van der Waals surface area contributed by atoms with Crippen molar-refractivity contribution in [3.8, 4) is 5.69 Å². The van der Waals surface area contributed by atoms with E-state index in [4.69, 9.17) is 0 Å². The highest BCUT2D eigenvalue weighted by atomic mass is 19.4. The number of hydrogen-bond donors (Lipinski definition) is 0. The van der Waals surface area contributed by atoms with E-state index in [1.807, 2.05) is 0 Å². The quantitative estimate of drug-likeness (QED) is 0.772. The molecule has 1 aromatic carbocycles. The van der Waals surface area contributed by atoms with Crippen LogP contribution in [0.4, 0.5) is 13.2 Å². The average Bonchev–Trinajstić information content (AvgIpc) is 2.78. The van der Waals surface area contributed by atoms with Crippen LogP contribution < -0.4 is 0 Å². The number of carbonyl (C=O) groups is 1. The minimum atomic E-state index is -4.47. The zero-order valence-corrected chi connectivity index (χ0v) is 9.40. The molecule has 0 N–H and O–H groups in total. The molecule has 0 atom stereocenters. The molecule has 3 nitrogen and oxygen atoms in total. The van der Waals surface area contributed by atoms with Crippen molar-refractivity contribution in [3.05, 3.63) is 47.8 Å². The molecule has 18 heavy (non-hydrogen) atoms. The van der Waals surface area contributed by atoms with Crippen LogP contribution in [-0.4, -0.2) is 15.6 Å². The Hall–Kier alpha value is -2.11. The van der Waals surface area contributed by atoms with E-state index in [0.29, 0.717) is 11.3 Å². The Morgan fingerprint density at radius 2 is 2.00 bits per heavy atom. The van der Waals surface area contributed by atoms with Crippen LogP contribution in [0, 0.1) is 0 Å². The number of Topliss-reactive ketones (excluding diaryl/α,β-unsaturated/α-hetero) is 1. The van der Waals surface area contributed by atoms with Gasteiger partial charge >= 0.3 is 6.18 Å². The maximum atomic E-state index is 12.4. The van der Waals surface area contributed by atoms with Crippen LogP contribution in [0.1, 0.15) is 23.0 Å². The number of hydrogen-bond acceptors (Lipinski definition) is 2. The van der Waals surface area contributed by atoms with Crippen LogP contribution in [0.2, 0.25) is 0 Å². The molecule has 0 saturated carbocycles. The fraction of sp³-hybridized carbons (Fsp3) is 0.167. The number of halogens is 3. The lowest BCUT2D eigenvalue weighted by Gasteiger charge is -2.04. The number of benzene rings is 1. The first kappa shape index (κ1) is 12.3. The van der Waals surface area contributed by atoms with Gasteiger partial charge in [-0.15, -0.1) is 0 Å². The van der Waals surface area contributed by atoms with E-state index < -0.39 is 11.9 Å². The predicted octanol–water partition coefficient (Wildman–Crippen LogP) is 3.09. The summed E-state index contributed by atoms with van der Waals surface area (Å²) in [7, 11) is 0. The fourth-order valence-electron chi connectivity index (χ4n) is 1.49. The summed E-state index contributed by atoms with van der Waals surface area (Å²) < 4.78 is 38.3. The van der Waals surface area contributed by atoms with Crippen LogP contribution in [0.25, 0.3) is 5.69 Å². The number of aromatic nitrogens is 2. The van der Waals surface area contributed by atoms with Crippen LogP contribution in [0.3, 0.4) is 0 Å². The van der Waals surface area contributed by atoms with Crippen molar-refractivity contribution in [1.29, 1.82) is 0 Å². The second-order valence-corrected chi connectivity index (χ2v) is 3.75. The van der Waals surface area contributed by atoms with Gasteiger partial charge in [0.25, 0.3) is 0 Å². The smallest absolute Gasteiger partial charge is 0.295 e. The molecular weight excluding hydrogens is 245 g/mol. The molecule has 1 heterocycles. The van der Waals surface area contributed by atoms with Crippen molar-refractivity contribution in [3.63, 3.8) is 0 Å². The molecule has 2 rings (SSSR count). The standard InChI is InChI=1S/C12H9F3N2O/c1-8(18)9-3-2-4-10(7-9)17-6-5-11(16-17)12(13,14)15/h2-7H,1H3. The minimum absolute atomic E-state index is 0.153. The molecule has 1 aromatic heterocycles. The molecule has 0 amide bonds. The summed E-state index contributed by atoms with van der Waals surface area (Å²) in [5.41, 5.74) is -0.120. The van der Waals surface area contributed by atoms with Gasteiger partial charge in [-0.2, -0.15) is 18.3 Å². The Balaban J connectivity index is 2.40. The summed E-state index contributed by atoms with van der Waals surface area (Å²) in [4.78, 5) is 11.2. The number of rotatable bonds is 2. The second kappa shape index (κ2) is 4.29. The molecule has 0 aliphatic rings. The Labute approximate surface area is 101 Å². The Morgan fingerprint density at radius 3 is 2.56 bits per heavy atom. The Morgan fingerprint density at radius 1 is 1.28 bits per heavy atom. The zero-order valence-electron chi connectivity index (χ0n) is 9.40. The van der Waals surface area contributed by atoms with Crippen LogP contribution >= 0.6 is 0 Å². The van der Waals surface area contributed by atoms with Gasteiger partial charge in [-0.25, -0.2) is 4.68 Å². The largest absolute Gasteiger partial charge is 0.435 e. The third-order valence-corrected chi connectivity index (χ3v) is 2.40. The summed E-state index contributed by atoms with van der Waals surface area (Å²) in [6, 6.07) is 7.16. The van der Waals surface area contributed by atoms with Crippen molar-refractivity contribution < 1.29 is 18.0 Å². The summed E-state index contributed by atoms with van der Waals surface area (Å²) in [5, 5.41) is 3.43. The predicted molar refractivity (Wildman–Crippen MR) is 58.6 cm³/mol. The minimum Gasteiger partial charge on any atom is -0.295 e. The fourth-order valence-corrected chi connectivity index (χ4v) is 1.49. The lowest BCUT2D eigenvalue weighted by Crippen LogP contribution is -2.07. The summed E-state index contributed by atoms with van der Waals surface area (Å²) in [5.74, 6) is -0.153. The van der Waals surface area contributed by atoms with Gasteiger partial charge in [0, 0.05) is 11.8 Å². The molecule has 0 bridgehead atoms. The first-order valence-corrected chi connectivity index (χ1v) is 5.12. The second-order valence-electron chi connectivity index (χ2n) is 3.75. The third kappa shape index (κ3) is 2.42. The van der Waals surface area contributed by atoms with E-state index in [0.717, 1.165) is 10.7 Å². The maximum Gasteiger partial charge on any atom is 0.435 e. The lowest BCUT2D eigenvalue weighted by molar-refractivity contribution is -0.141. The van der Waals surface area contributed by atoms with Crippen molar-refractivity contribution >= 4 is 5.78 Å². The summed E-state index contributed by atoms with van der Waals surface area (Å²) in [6.07, 6.45) is -3.26. The summed E-state index contributed by atoms with van der Waals surface area (Å²) >= 11 is 0. The molecule has 0 aliphatic heterocycles. The van der Waals surface area contributed by atoms with Crippen molar-refractivity contribution in [2.24, 2.45) is 0 Å². The molecule has 0 saturated heterocycles. The van der Waals surface area contributed by atoms with Gasteiger partial charge < -0.3 is 0 Å². The molecule has 0 radical (unpaired) electrons. The summed E-state index contributed by atoms with van der Waals surface area (Å²) in [6.45, 7) is 1.39. The van der Waals surface area contributed by atoms with Gasteiger partial charge in [-0.1, -0.05) is 12.1 Å². The van der Waals surface area contributed by atoms with Gasteiger partial charge in [0.05, 0.1) is 5.69 Å². The van der Waals surface area contributed by atoms with E-state index >= 15 is 0 Å². The zero-order chi connectivity index (χ0) is 13.3. The van der Waals surface area contributed by atoms with Crippen LogP contribution in [0.5, 0.6) is 0 Å². The van der Waals surface area contributed by atoms with Gasteiger partial charge in [0.2, 0.25) is 0 Å². The van der Waals surface area contributed by atoms with E-state index in [-0.39, 0.29) is 5.78 Å². The van der Waals surface area contributed by atoms with Crippen LogP contribution in [0.15, 0.2) is 36.5 Å². The number of nitrogens with zero attached hydrogens (tertiary/aromatic N) is 2. The Bertz CT molecular complexity index is 587. The number of ketones is 1. The van der Waals surface area contributed by atoms with Gasteiger partial charge in [-0.3, -0.25) is 4.79 Å². The highest BCUT2D eigenvalue weighted by Crippen LogP contribution is 2.27. The number of carbonyl (C=O) groups excluding carboxylic acids is 1. The third-order valence-electron chi connectivity index (χ3n) is 2.40. The monoisotopic (exact) mass is 254 g/mol. The molecule has 0 fully saturated rings. The molecule has 2 aromatic rings. The lowest BCUT2D eigenvalue weighted by atomic mass is 10.1. The molecule has 0 aliphatic carbocycles. The average molecular weight is 254 g/mol. The molecule has 0 spiro atoms. The molecule has 6 heteroatoms. The SMILES string of the molecule is CC(=O)c1cccc(-n2ccc(C(F)(F)F)n2)c1. The van der Waals surface area contributed by atoms with E-state index in [9.17, 15) is 18.0 Å². The normalized spacial score (nSPS) is 11.6. The maximum absolute atomic E-state index is 12.4. The highest BCUT2D eigenvalue weighted by Gasteiger charge is 2.33. The number of alkyl halides is 3. The van der Waals surface area contributed by atoms with Crippen molar-refractivity contribution in [1.82, 2.24) is 9.78 Å². The molecular formula is C12H9F3N2O. The van der Waals surface area contributed by atoms with E-state index in [1.54, 1.807) is 18.2 Å². The van der Waals surface area contributed by atoms with Crippen LogP contribution in [-0.2, 0) is 6.18 Å². The topological polar surface area (TPSA) is 34.9 Å². The van der Waals surface area contributed by atoms with Gasteiger partial charge in [-0.05, 0) is 25.1 Å². The van der Waals surface area contributed by atoms with Crippen molar-refractivity contribution in [2.45, 2.75) is 13.1 Å². The molecule has 0 unspecified atom stereocenters. The van der Waals surface area contributed by atoms with Gasteiger partial charge in [0.1, 0.15) is 0 Å².